The predicted octanol–water partition coefficient (Wildman–Crippen LogP) is 3.30. The molecule has 0 saturated carbocycles. The number of rotatable bonds is 2. The predicted molar refractivity (Wildman–Crippen MR) is 64.1 cm³/mol. The summed E-state index contributed by atoms with van der Waals surface area (Å²) in [5, 5.41) is 10.0. The van der Waals surface area contributed by atoms with Gasteiger partial charge in [-0.15, -0.1) is 0 Å². The highest BCUT2D eigenvalue weighted by Gasteiger charge is 2.12. The molecule has 0 radical (unpaired) electrons. The van der Waals surface area contributed by atoms with Gasteiger partial charge >= 0.3 is 5.97 Å². The van der Waals surface area contributed by atoms with Crippen molar-refractivity contribution in [3.05, 3.63) is 35.0 Å². The molecule has 3 heteroatoms. The van der Waals surface area contributed by atoms with E-state index in [1.54, 1.807) is 12.1 Å². The highest BCUT2D eigenvalue weighted by atomic mass is 16.4. The molecule has 0 bridgehead atoms. The molecule has 2 aromatic rings. The van der Waals surface area contributed by atoms with Crippen molar-refractivity contribution in [1.82, 2.24) is 4.98 Å². The average Bonchev–Trinajstić information content (AvgIpc) is 2.55. The van der Waals surface area contributed by atoms with Crippen LogP contribution in [0.25, 0.3) is 10.9 Å². The second-order valence-electron chi connectivity index (χ2n) is 4.44. The molecule has 0 amide bonds. The van der Waals surface area contributed by atoms with Crippen molar-refractivity contribution in [2.24, 2.45) is 0 Å². The first-order valence-electron chi connectivity index (χ1n) is 5.35. The Labute approximate surface area is 94.1 Å². The first kappa shape index (κ1) is 10.7. The fourth-order valence-electron chi connectivity index (χ4n) is 1.99. The highest BCUT2D eigenvalue weighted by Crippen LogP contribution is 2.27. The lowest BCUT2D eigenvalue weighted by Crippen LogP contribution is -1.99. The Bertz CT molecular complexity index is 552. The molecule has 3 nitrogen and oxygen atoms in total. The maximum Gasteiger partial charge on any atom is 0.335 e. The van der Waals surface area contributed by atoms with Crippen LogP contribution in [0.15, 0.2) is 18.2 Å². The molecule has 1 aromatic heterocycles. The van der Waals surface area contributed by atoms with Crippen molar-refractivity contribution < 1.29 is 9.90 Å². The van der Waals surface area contributed by atoms with E-state index in [1.165, 1.54) is 0 Å². The Balaban J connectivity index is 2.78. The molecule has 1 heterocycles. The van der Waals surface area contributed by atoms with Gasteiger partial charge in [0.15, 0.2) is 0 Å². The Kier molecular flexibility index (Phi) is 2.46. The van der Waals surface area contributed by atoms with Gasteiger partial charge in [-0.3, -0.25) is 0 Å². The van der Waals surface area contributed by atoms with Gasteiger partial charge in [-0.1, -0.05) is 13.8 Å². The normalized spacial score (nSPS) is 11.2. The second-order valence-corrected chi connectivity index (χ2v) is 4.44. The van der Waals surface area contributed by atoms with Gasteiger partial charge in [-0.05, 0) is 36.6 Å². The summed E-state index contributed by atoms with van der Waals surface area (Å²) in [4.78, 5) is 14.3. The minimum atomic E-state index is -0.873. The number of fused-ring (bicyclic) bond motifs is 1. The Hall–Kier alpha value is -1.77. The highest BCUT2D eigenvalue weighted by molar-refractivity contribution is 5.95. The minimum absolute atomic E-state index is 0.305. The number of carboxylic acid groups (broad SMARTS) is 1. The number of aromatic amines is 1. The summed E-state index contributed by atoms with van der Waals surface area (Å²) in [6, 6.07) is 5.45. The van der Waals surface area contributed by atoms with Crippen molar-refractivity contribution in [3.63, 3.8) is 0 Å². The first-order chi connectivity index (χ1) is 7.49. The zero-order chi connectivity index (χ0) is 11.9. The van der Waals surface area contributed by atoms with E-state index in [2.05, 4.69) is 18.8 Å². The molecule has 0 aliphatic heterocycles. The maximum atomic E-state index is 11.0. The van der Waals surface area contributed by atoms with E-state index >= 15 is 0 Å². The number of aromatic carboxylic acids is 1. The third kappa shape index (κ3) is 1.69. The maximum absolute atomic E-state index is 11.0. The topological polar surface area (TPSA) is 53.1 Å². The van der Waals surface area contributed by atoms with Crippen LogP contribution in [0.3, 0.4) is 0 Å². The molecular weight excluding hydrogens is 202 g/mol. The molecular formula is C13H15NO2. The fourth-order valence-corrected chi connectivity index (χ4v) is 1.99. The van der Waals surface area contributed by atoms with E-state index in [1.807, 2.05) is 13.0 Å². The molecule has 0 aliphatic rings. The van der Waals surface area contributed by atoms with Crippen molar-refractivity contribution in [2.45, 2.75) is 26.7 Å². The molecule has 1 aromatic carbocycles. The molecule has 0 atom stereocenters. The number of aromatic nitrogens is 1. The number of carboxylic acids is 1. The number of H-pyrrole nitrogens is 1. The Morgan fingerprint density at radius 3 is 2.56 bits per heavy atom. The number of hydrogen-bond donors (Lipinski definition) is 2. The molecule has 2 N–H and O–H groups in total. The third-order valence-corrected chi connectivity index (χ3v) is 2.76. The van der Waals surface area contributed by atoms with Crippen LogP contribution in [-0.2, 0) is 0 Å². The van der Waals surface area contributed by atoms with Gasteiger partial charge in [0, 0.05) is 16.6 Å². The smallest absolute Gasteiger partial charge is 0.335 e. The summed E-state index contributed by atoms with van der Waals surface area (Å²) < 4.78 is 0. The summed E-state index contributed by atoms with van der Waals surface area (Å²) in [5.41, 5.74) is 3.52. The minimum Gasteiger partial charge on any atom is -0.478 e. The van der Waals surface area contributed by atoms with Crippen LogP contribution >= 0.6 is 0 Å². The Morgan fingerprint density at radius 1 is 1.31 bits per heavy atom. The first-order valence-corrected chi connectivity index (χ1v) is 5.35. The number of hydrogen-bond acceptors (Lipinski definition) is 1. The van der Waals surface area contributed by atoms with Gasteiger partial charge < -0.3 is 10.1 Å². The van der Waals surface area contributed by atoms with Crippen molar-refractivity contribution in [3.8, 4) is 0 Å². The van der Waals surface area contributed by atoms with E-state index in [0.29, 0.717) is 11.5 Å². The molecule has 2 rings (SSSR count). The lowest BCUT2D eigenvalue weighted by Gasteiger charge is -2.08. The quantitative estimate of drug-likeness (QED) is 0.810. The van der Waals surface area contributed by atoms with Crippen LogP contribution in [-0.4, -0.2) is 16.1 Å². The van der Waals surface area contributed by atoms with Crippen LogP contribution in [0.4, 0.5) is 0 Å². The van der Waals surface area contributed by atoms with Crippen LogP contribution in [0.2, 0.25) is 0 Å². The second kappa shape index (κ2) is 3.67. The number of nitrogens with one attached hydrogen (secondary N) is 1. The molecule has 84 valence electrons. The van der Waals surface area contributed by atoms with Crippen LogP contribution in [0.5, 0.6) is 0 Å². The fraction of sp³-hybridized carbons (Fsp3) is 0.308. The molecule has 0 saturated heterocycles. The van der Waals surface area contributed by atoms with E-state index in [9.17, 15) is 4.79 Å². The van der Waals surface area contributed by atoms with Crippen molar-refractivity contribution in [2.75, 3.05) is 0 Å². The van der Waals surface area contributed by atoms with E-state index in [-0.39, 0.29) is 0 Å². The largest absolute Gasteiger partial charge is 0.478 e. The van der Waals surface area contributed by atoms with Gasteiger partial charge in [-0.25, -0.2) is 4.79 Å². The number of carbonyl (C=O) groups is 1. The Morgan fingerprint density at radius 2 is 2.00 bits per heavy atom. The summed E-state index contributed by atoms with van der Waals surface area (Å²) in [6.45, 7) is 6.11. The zero-order valence-corrected chi connectivity index (χ0v) is 9.66. The summed E-state index contributed by atoms with van der Waals surface area (Å²) in [7, 11) is 0. The molecule has 0 unspecified atom stereocenters. The van der Waals surface area contributed by atoms with E-state index in [0.717, 1.165) is 22.2 Å². The van der Waals surface area contributed by atoms with Gasteiger partial charge in [0.05, 0.1) is 5.56 Å². The summed E-state index contributed by atoms with van der Waals surface area (Å²) in [6.07, 6.45) is 0. The van der Waals surface area contributed by atoms with Gasteiger partial charge in [0.25, 0.3) is 0 Å². The third-order valence-electron chi connectivity index (χ3n) is 2.76. The summed E-state index contributed by atoms with van der Waals surface area (Å²) in [5.74, 6) is -0.567. The van der Waals surface area contributed by atoms with Crippen LogP contribution in [0, 0.1) is 6.92 Å². The standard InChI is InChI=1S/C13H15NO2/c1-7(2)11-6-10(13(15)16)5-9-4-8(3)14-12(9)11/h4-7,14H,1-3H3,(H,15,16). The van der Waals surface area contributed by atoms with Crippen molar-refractivity contribution in [1.29, 1.82) is 0 Å². The molecule has 16 heavy (non-hydrogen) atoms. The van der Waals surface area contributed by atoms with Gasteiger partial charge in [0.1, 0.15) is 0 Å². The lowest BCUT2D eigenvalue weighted by atomic mass is 9.98. The number of aryl methyl sites for hydroxylation is 1. The molecule has 0 aliphatic carbocycles. The molecule has 0 fully saturated rings. The monoisotopic (exact) mass is 217 g/mol. The van der Waals surface area contributed by atoms with Gasteiger partial charge in [-0.2, -0.15) is 0 Å². The van der Waals surface area contributed by atoms with E-state index < -0.39 is 5.97 Å². The van der Waals surface area contributed by atoms with Crippen LogP contribution in [0.1, 0.15) is 41.4 Å². The van der Waals surface area contributed by atoms with Crippen molar-refractivity contribution >= 4 is 16.9 Å². The SMILES string of the molecule is Cc1cc2cc(C(=O)O)cc(C(C)C)c2[nH]1. The lowest BCUT2D eigenvalue weighted by molar-refractivity contribution is 0.0697. The zero-order valence-electron chi connectivity index (χ0n) is 9.66. The molecule has 0 spiro atoms. The summed E-state index contributed by atoms with van der Waals surface area (Å²) >= 11 is 0. The van der Waals surface area contributed by atoms with Gasteiger partial charge in [0.2, 0.25) is 0 Å². The van der Waals surface area contributed by atoms with E-state index in [4.69, 9.17) is 5.11 Å². The van der Waals surface area contributed by atoms with Crippen LogP contribution < -0.4 is 0 Å². The average molecular weight is 217 g/mol. The number of benzene rings is 1.